The summed E-state index contributed by atoms with van der Waals surface area (Å²) in [7, 11) is -3.76. The van der Waals surface area contributed by atoms with Crippen LogP contribution in [0, 0.1) is 0 Å². The summed E-state index contributed by atoms with van der Waals surface area (Å²) in [6, 6.07) is 14.3. The Kier molecular flexibility index (Phi) is 6.56. The molecule has 0 aliphatic rings. The summed E-state index contributed by atoms with van der Waals surface area (Å²) in [5.74, 6) is 0.410. The van der Waals surface area contributed by atoms with Gasteiger partial charge in [0, 0.05) is 6.42 Å². The number of carbonyl (C=O) groups is 1. The third-order valence-corrected chi connectivity index (χ3v) is 5.26. The van der Waals surface area contributed by atoms with Crippen molar-refractivity contribution in [3.05, 3.63) is 65.2 Å². The van der Waals surface area contributed by atoms with Gasteiger partial charge in [0.1, 0.15) is 0 Å². The summed E-state index contributed by atoms with van der Waals surface area (Å²) < 4.78 is 22.9. The first-order chi connectivity index (χ1) is 12.2. The Bertz CT molecular complexity index is 859. The molecule has 0 heterocycles. The summed E-state index contributed by atoms with van der Waals surface area (Å²) in [4.78, 5) is 12.2. The van der Waals surface area contributed by atoms with E-state index in [1.807, 2.05) is 6.92 Å². The van der Waals surface area contributed by atoms with Crippen molar-refractivity contribution in [2.24, 2.45) is 5.14 Å². The molecule has 0 radical (unpaired) electrons. The summed E-state index contributed by atoms with van der Waals surface area (Å²) in [6.45, 7) is 6.11. The number of nitrogens with two attached hydrogens (primary N) is 1. The molecule has 0 fully saturated rings. The standard InChI is InChI=1S/C20H26N2O3S/c1-14(2)17-10-7-16(8-11-17)9-12-20(23)22-15(3)18-5-4-6-19(13-18)26(21,24)25/h4-8,10-11,13-15H,9,12H2,1-3H3,(H,22,23)(H2,21,24,25). The van der Waals surface area contributed by atoms with Gasteiger partial charge in [-0.15, -0.1) is 0 Å². The molecular weight excluding hydrogens is 348 g/mol. The molecule has 2 aromatic carbocycles. The molecule has 2 rings (SSSR count). The van der Waals surface area contributed by atoms with Crippen LogP contribution in [-0.2, 0) is 21.2 Å². The maximum absolute atomic E-state index is 12.2. The van der Waals surface area contributed by atoms with Gasteiger partial charge in [0.15, 0.2) is 0 Å². The highest BCUT2D eigenvalue weighted by Crippen LogP contribution is 2.18. The van der Waals surface area contributed by atoms with E-state index < -0.39 is 10.0 Å². The van der Waals surface area contributed by atoms with E-state index in [4.69, 9.17) is 5.14 Å². The highest BCUT2D eigenvalue weighted by Gasteiger charge is 2.13. The third kappa shape index (κ3) is 5.68. The van der Waals surface area contributed by atoms with Gasteiger partial charge in [-0.05, 0) is 48.1 Å². The summed E-state index contributed by atoms with van der Waals surface area (Å²) >= 11 is 0. The molecule has 0 aliphatic heterocycles. The van der Waals surface area contributed by atoms with E-state index in [0.717, 1.165) is 5.56 Å². The molecule has 0 saturated carbocycles. The maximum atomic E-state index is 12.2. The van der Waals surface area contributed by atoms with Crippen LogP contribution in [0.15, 0.2) is 53.4 Å². The van der Waals surface area contributed by atoms with Gasteiger partial charge in [0.05, 0.1) is 10.9 Å². The molecule has 2 aromatic rings. The van der Waals surface area contributed by atoms with E-state index in [-0.39, 0.29) is 16.8 Å². The van der Waals surface area contributed by atoms with Crippen molar-refractivity contribution in [3.8, 4) is 0 Å². The van der Waals surface area contributed by atoms with Gasteiger partial charge >= 0.3 is 0 Å². The fourth-order valence-corrected chi connectivity index (χ4v) is 3.25. The van der Waals surface area contributed by atoms with E-state index in [1.54, 1.807) is 12.1 Å². The molecule has 140 valence electrons. The van der Waals surface area contributed by atoms with Gasteiger partial charge in [-0.1, -0.05) is 50.2 Å². The summed E-state index contributed by atoms with van der Waals surface area (Å²) in [6.07, 6.45) is 1.04. The van der Waals surface area contributed by atoms with E-state index in [1.165, 1.54) is 17.7 Å². The fourth-order valence-electron chi connectivity index (χ4n) is 2.68. The second-order valence-corrected chi connectivity index (χ2v) is 8.36. The first kappa shape index (κ1) is 20.1. The Balaban J connectivity index is 1.93. The second-order valence-electron chi connectivity index (χ2n) is 6.80. The highest BCUT2D eigenvalue weighted by molar-refractivity contribution is 7.89. The third-order valence-electron chi connectivity index (χ3n) is 4.35. The van der Waals surface area contributed by atoms with Gasteiger partial charge in [-0.2, -0.15) is 0 Å². The minimum absolute atomic E-state index is 0.0429. The van der Waals surface area contributed by atoms with Crippen molar-refractivity contribution in [2.75, 3.05) is 0 Å². The van der Waals surface area contributed by atoms with Crippen LogP contribution in [0.25, 0.3) is 0 Å². The molecule has 5 nitrogen and oxygen atoms in total. The van der Waals surface area contributed by atoms with Crippen molar-refractivity contribution in [1.82, 2.24) is 5.32 Å². The second kappa shape index (κ2) is 8.47. The van der Waals surface area contributed by atoms with Gasteiger partial charge in [0.2, 0.25) is 15.9 Å². The van der Waals surface area contributed by atoms with Crippen molar-refractivity contribution in [3.63, 3.8) is 0 Å². The monoisotopic (exact) mass is 374 g/mol. The van der Waals surface area contributed by atoms with Gasteiger partial charge in [0.25, 0.3) is 0 Å². The Labute approximate surface area is 155 Å². The molecule has 0 spiro atoms. The SMILES string of the molecule is CC(C)c1ccc(CCC(=O)NC(C)c2cccc(S(N)(=O)=O)c2)cc1. The maximum Gasteiger partial charge on any atom is 0.238 e. The number of hydrogen-bond acceptors (Lipinski definition) is 3. The predicted octanol–water partition coefficient (Wildman–Crippen LogP) is 3.27. The van der Waals surface area contributed by atoms with Gasteiger partial charge in [-0.3, -0.25) is 4.79 Å². The number of primary sulfonamides is 1. The average Bonchev–Trinajstić information content (AvgIpc) is 2.59. The molecule has 26 heavy (non-hydrogen) atoms. The highest BCUT2D eigenvalue weighted by atomic mass is 32.2. The number of aryl methyl sites for hydroxylation is 1. The zero-order valence-corrected chi connectivity index (χ0v) is 16.2. The Hall–Kier alpha value is -2.18. The van der Waals surface area contributed by atoms with Crippen LogP contribution in [-0.4, -0.2) is 14.3 Å². The van der Waals surface area contributed by atoms with Gasteiger partial charge in [-0.25, -0.2) is 13.6 Å². The van der Waals surface area contributed by atoms with Crippen LogP contribution in [0.2, 0.25) is 0 Å². The van der Waals surface area contributed by atoms with Crippen LogP contribution in [0.3, 0.4) is 0 Å². The first-order valence-corrected chi connectivity index (χ1v) is 10.2. The molecule has 0 aliphatic carbocycles. The lowest BCUT2D eigenvalue weighted by Gasteiger charge is -2.15. The summed E-state index contributed by atoms with van der Waals surface area (Å²) in [5.41, 5.74) is 3.10. The molecule has 1 unspecified atom stereocenters. The molecular formula is C20H26N2O3S. The number of hydrogen-bond donors (Lipinski definition) is 2. The van der Waals surface area contributed by atoms with Crippen molar-refractivity contribution in [2.45, 2.75) is 50.5 Å². The predicted molar refractivity (Wildman–Crippen MR) is 103 cm³/mol. The Morgan fingerprint density at radius 3 is 2.27 bits per heavy atom. The van der Waals surface area contributed by atoms with Crippen LogP contribution in [0.5, 0.6) is 0 Å². The van der Waals surface area contributed by atoms with Crippen LogP contribution in [0.4, 0.5) is 0 Å². The smallest absolute Gasteiger partial charge is 0.238 e. The molecule has 3 N–H and O–H groups in total. The lowest BCUT2D eigenvalue weighted by Crippen LogP contribution is -2.27. The molecule has 0 saturated heterocycles. The van der Waals surface area contributed by atoms with E-state index >= 15 is 0 Å². The molecule has 0 bridgehead atoms. The van der Waals surface area contributed by atoms with Crippen molar-refractivity contribution >= 4 is 15.9 Å². The number of amides is 1. The Morgan fingerprint density at radius 2 is 1.69 bits per heavy atom. The zero-order valence-electron chi connectivity index (χ0n) is 15.4. The molecule has 0 aromatic heterocycles. The van der Waals surface area contributed by atoms with E-state index in [0.29, 0.717) is 24.3 Å². The fraction of sp³-hybridized carbons (Fsp3) is 0.350. The topological polar surface area (TPSA) is 89.3 Å². The molecule has 1 amide bonds. The lowest BCUT2D eigenvalue weighted by molar-refractivity contribution is -0.121. The summed E-state index contributed by atoms with van der Waals surface area (Å²) in [5, 5.41) is 8.05. The normalized spacial score (nSPS) is 12.8. The average molecular weight is 375 g/mol. The van der Waals surface area contributed by atoms with Crippen LogP contribution < -0.4 is 10.5 Å². The number of carbonyl (C=O) groups excluding carboxylic acids is 1. The van der Waals surface area contributed by atoms with Crippen LogP contribution >= 0.6 is 0 Å². The van der Waals surface area contributed by atoms with Crippen molar-refractivity contribution in [1.29, 1.82) is 0 Å². The quantitative estimate of drug-likeness (QED) is 0.779. The first-order valence-electron chi connectivity index (χ1n) is 8.68. The van der Waals surface area contributed by atoms with E-state index in [2.05, 4.69) is 43.4 Å². The zero-order chi connectivity index (χ0) is 19.3. The van der Waals surface area contributed by atoms with Crippen molar-refractivity contribution < 1.29 is 13.2 Å². The number of nitrogens with one attached hydrogen (secondary N) is 1. The molecule has 6 heteroatoms. The molecule has 1 atom stereocenters. The minimum atomic E-state index is -3.76. The van der Waals surface area contributed by atoms with Crippen LogP contribution in [0.1, 0.15) is 55.8 Å². The number of rotatable bonds is 7. The van der Waals surface area contributed by atoms with E-state index in [9.17, 15) is 13.2 Å². The number of sulfonamides is 1. The lowest BCUT2D eigenvalue weighted by atomic mass is 10.00. The minimum Gasteiger partial charge on any atom is -0.350 e. The largest absolute Gasteiger partial charge is 0.350 e. The number of benzene rings is 2. The van der Waals surface area contributed by atoms with Gasteiger partial charge < -0.3 is 5.32 Å². The Morgan fingerprint density at radius 1 is 1.04 bits per heavy atom.